The van der Waals surface area contributed by atoms with Gasteiger partial charge in [-0.05, 0) is 37.1 Å². The summed E-state index contributed by atoms with van der Waals surface area (Å²) in [5.74, 6) is 0. The van der Waals surface area contributed by atoms with Crippen molar-refractivity contribution in [2.45, 2.75) is 20.5 Å². The van der Waals surface area contributed by atoms with Crippen molar-refractivity contribution in [1.82, 2.24) is 9.97 Å². The minimum atomic E-state index is 0.0232. The van der Waals surface area contributed by atoms with Crippen LogP contribution in [0.2, 0.25) is 0 Å². The molecule has 2 aromatic rings. The van der Waals surface area contributed by atoms with Gasteiger partial charge in [0.2, 0.25) is 0 Å². The normalized spacial score (nSPS) is 10.4. The number of aryl methyl sites for hydroxylation is 2. The number of rotatable bonds is 2. The lowest BCUT2D eigenvalue weighted by molar-refractivity contribution is 0.281. The second-order valence-electron chi connectivity index (χ2n) is 3.83. The quantitative estimate of drug-likeness (QED) is 0.834. The standard InChI is InChI=1S/C13H14N2O/c1-9-6-11(8-16)7-14-13(9)12-5-3-4-10(2)15-12/h3-7,16H,8H2,1-2H3. The Kier molecular flexibility index (Phi) is 2.97. The van der Waals surface area contributed by atoms with E-state index >= 15 is 0 Å². The Hall–Kier alpha value is -1.74. The maximum atomic E-state index is 9.01. The molecule has 0 unspecified atom stereocenters. The molecule has 16 heavy (non-hydrogen) atoms. The van der Waals surface area contributed by atoms with Crippen LogP contribution in [0.4, 0.5) is 0 Å². The topological polar surface area (TPSA) is 46.0 Å². The summed E-state index contributed by atoms with van der Waals surface area (Å²) < 4.78 is 0. The molecule has 0 aliphatic heterocycles. The molecule has 0 aromatic carbocycles. The van der Waals surface area contributed by atoms with Gasteiger partial charge in [-0.3, -0.25) is 9.97 Å². The summed E-state index contributed by atoms with van der Waals surface area (Å²) in [7, 11) is 0. The number of pyridine rings is 2. The van der Waals surface area contributed by atoms with Crippen molar-refractivity contribution in [3.63, 3.8) is 0 Å². The zero-order valence-electron chi connectivity index (χ0n) is 9.44. The molecule has 0 fully saturated rings. The van der Waals surface area contributed by atoms with Crippen molar-refractivity contribution in [3.05, 3.63) is 47.3 Å². The summed E-state index contributed by atoms with van der Waals surface area (Å²) in [6.45, 7) is 3.96. The van der Waals surface area contributed by atoms with E-state index in [1.165, 1.54) is 0 Å². The molecule has 0 aliphatic rings. The second kappa shape index (κ2) is 4.41. The minimum Gasteiger partial charge on any atom is -0.392 e. The fraction of sp³-hybridized carbons (Fsp3) is 0.231. The number of hydrogen-bond donors (Lipinski definition) is 1. The molecule has 0 saturated heterocycles. The van der Waals surface area contributed by atoms with Gasteiger partial charge in [-0.25, -0.2) is 0 Å². The number of aliphatic hydroxyl groups excluding tert-OH is 1. The highest BCUT2D eigenvalue weighted by Gasteiger charge is 2.05. The van der Waals surface area contributed by atoms with Crippen molar-refractivity contribution in [2.24, 2.45) is 0 Å². The molecule has 0 radical (unpaired) electrons. The number of aliphatic hydroxyl groups is 1. The SMILES string of the molecule is Cc1cccc(-c2ncc(CO)cc2C)n1. The zero-order chi connectivity index (χ0) is 11.5. The van der Waals surface area contributed by atoms with Gasteiger partial charge in [0.1, 0.15) is 0 Å². The van der Waals surface area contributed by atoms with Crippen molar-refractivity contribution >= 4 is 0 Å². The van der Waals surface area contributed by atoms with Gasteiger partial charge < -0.3 is 5.11 Å². The van der Waals surface area contributed by atoms with Gasteiger partial charge in [0, 0.05) is 11.9 Å². The average Bonchev–Trinajstić information content (AvgIpc) is 2.28. The van der Waals surface area contributed by atoms with E-state index in [2.05, 4.69) is 9.97 Å². The first-order valence-electron chi connectivity index (χ1n) is 5.21. The smallest absolute Gasteiger partial charge is 0.0915 e. The van der Waals surface area contributed by atoms with Gasteiger partial charge in [0.05, 0.1) is 18.0 Å². The Bertz CT molecular complexity index is 509. The maximum absolute atomic E-state index is 9.01. The molecule has 2 rings (SSSR count). The highest BCUT2D eigenvalue weighted by Crippen LogP contribution is 2.19. The molecule has 82 valence electrons. The van der Waals surface area contributed by atoms with Crippen LogP contribution in [0.1, 0.15) is 16.8 Å². The largest absolute Gasteiger partial charge is 0.392 e. The molecule has 0 atom stereocenters. The molecule has 3 heteroatoms. The van der Waals surface area contributed by atoms with E-state index in [9.17, 15) is 0 Å². The van der Waals surface area contributed by atoms with Crippen LogP contribution in [0, 0.1) is 13.8 Å². The van der Waals surface area contributed by atoms with E-state index in [4.69, 9.17) is 5.11 Å². The molecule has 1 N–H and O–H groups in total. The van der Waals surface area contributed by atoms with Gasteiger partial charge in [-0.2, -0.15) is 0 Å². The highest BCUT2D eigenvalue weighted by atomic mass is 16.3. The van der Waals surface area contributed by atoms with Gasteiger partial charge >= 0.3 is 0 Å². The van der Waals surface area contributed by atoms with Gasteiger partial charge in [-0.15, -0.1) is 0 Å². The van der Waals surface area contributed by atoms with Crippen LogP contribution in [-0.2, 0) is 6.61 Å². The first-order chi connectivity index (χ1) is 7.70. The van der Waals surface area contributed by atoms with Crippen LogP contribution in [-0.4, -0.2) is 15.1 Å². The molecule has 0 aliphatic carbocycles. The van der Waals surface area contributed by atoms with Crippen LogP contribution in [0.25, 0.3) is 11.4 Å². The predicted molar refractivity (Wildman–Crippen MR) is 62.9 cm³/mol. The lowest BCUT2D eigenvalue weighted by Crippen LogP contribution is -1.95. The van der Waals surface area contributed by atoms with Crippen molar-refractivity contribution in [1.29, 1.82) is 0 Å². The minimum absolute atomic E-state index is 0.0232. The van der Waals surface area contributed by atoms with E-state index in [1.54, 1.807) is 6.20 Å². The summed E-state index contributed by atoms with van der Waals surface area (Å²) in [6, 6.07) is 7.81. The second-order valence-corrected chi connectivity index (χ2v) is 3.83. The Balaban J connectivity index is 2.48. The number of hydrogen-bond acceptors (Lipinski definition) is 3. The summed E-state index contributed by atoms with van der Waals surface area (Å²) >= 11 is 0. The van der Waals surface area contributed by atoms with E-state index < -0.39 is 0 Å². The lowest BCUT2D eigenvalue weighted by atomic mass is 10.1. The molecule has 2 aromatic heterocycles. The fourth-order valence-electron chi connectivity index (χ4n) is 1.66. The van der Waals surface area contributed by atoms with Crippen LogP contribution in [0.5, 0.6) is 0 Å². The molecule has 0 saturated carbocycles. The fourth-order valence-corrected chi connectivity index (χ4v) is 1.66. The third-order valence-corrected chi connectivity index (χ3v) is 2.45. The highest BCUT2D eigenvalue weighted by molar-refractivity contribution is 5.58. The summed E-state index contributed by atoms with van der Waals surface area (Å²) in [6.07, 6.45) is 1.69. The Morgan fingerprint density at radius 3 is 2.69 bits per heavy atom. The molecular weight excluding hydrogens is 200 g/mol. The summed E-state index contributed by atoms with van der Waals surface area (Å²) in [5, 5.41) is 9.01. The average molecular weight is 214 g/mol. The molecule has 0 bridgehead atoms. The zero-order valence-corrected chi connectivity index (χ0v) is 9.44. The van der Waals surface area contributed by atoms with E-state index in [0.29, 0.717) is 0 Å². The van der Waals surface area contributed by atoms with Gasteiger partial charge in [0.15, 0.2) is 0 Å². The summed E-state index contributed by atoms with van der Waals surface area (Å²) in [4.78, 5) is 8.77. The van der Waals surface area contributed by atoms with Crippen LogP contribution in [0.15, 0.2) is 30.5 Å². The molecule has 3 nitrogen and oxygen atoms in total. The molecule has 0 amide bonds. The van der Waals surface area contributed by atoms with Crippen LogP contribution < -0.4 is 0 Å². The monoisotopic (exact) mass is 214 g/mol. The van der Waals surface area contributed by atoms with Crippen molar-refractivity contribution in [3.8, 4) is 11.4 Å². The van der Waals surface area contributed by atoms with Crippen LogP contribution >= 0.6 is 0 Å². The van der Waals surface area contributed by atoms with E-state index in [0.717, 1.165) is 28.2 Å². The van der Waals surface area contributed by atoms with Crippen molar-refractivity contribution in [2.75, 3.05) is 0 Å². The Morgan fingerprint density at radius 1 is 1.25 bits per heavy atom. The first-order valence-corrected chi connectivity index (χ1v) is 5.21. The van der Waals surface area contributed by atoms with E-state index in [-0.39, 0.29) is 6.61 Å². The van der Waals surface area contributed by atoms with E-state index in [1.807, 2.05) is 38.1 Å². The predicted octanol–water partition coefficient (Wildman–Crippen LogP) is 2.25. The Morgan fingerprint density at radius 2 is 2.06 bits per heavy atom. The lowest BCUT2D eigenvalue weighted by Gasteiger charge is -2.06. The van der Waals surface area contributed by atoms with Gasteiger partial charge in [-0.1, -0.05) is 12.1 Å². The van der Waals surface area contributed by atoms with Crippen LogP contribution in [0.3, 0.4) is 0 Å². The first kappa shape index (κ1) is 10.8. The number of nitrogens with zero attached hydrogens (tertiary/aromatic N) is 2. The molecule has 0 spiro atoms. The Labute approximate surface area is 94.8 Å². The molecule has 2 heterocycles. The third-order valence-electron chi connectivity index (χ3n) is 2.45. The van der Waals surface area contributed by atoms with Gasteiger partial charge in [0.25, 0.3) is 0 Å². The van der Waals surface area contributed by atoms with Crippen molar-refractivity contribution < 1.29 is 5.11 Å². The third kappa shape index (κ3) is 2.09. The maximum Gasteiger partial charge on any atom is 0.0915 e. The molecular formula is C13H14N2O. The number of aromatic nitrogens is 2. The summed E-state index contributed by atoms with van der Waals surface area (Å²) in [5.41, 5.74) is 4.59.